The maximum Gasteiger partial charge on any atom is 0.244 e. The molecule has 2 aromatic rings. The molecule has 2 aromatic carbocycles. The zero-order valence-corrected chi connectivity index (χ0v) is 21.6. The van der Waals surface area contributed by atoms with E-state index < -0.39 is 28.5 Å². The van der Waals surface area contributed by atoms with E-state index in [1.807, 2.05) is 45.0 Å². The Hall–Kier alpha value is -3.07. The molecule has 0 spiro atoms. The zero-order chi connectivity index (χ0) is 25.5. The summed E-state index contributed by atoms with van der Waals surface area (Å²) in [5, 5.41) is 2.91. The highest BCUT2D eigenvalue weighted by atomic mass is 32.2. The summed E-state index contributed by atoms with van der Waals surface area (Å²) in [6.07, 6.45) is 1.80. The molecule has 186 valence electrons. The number of rotatable bonds is 11. The molecule has 0 aliphatic heterocycles. The molecule has 2 atom stereocenters. The molecule has 0 saturated heterocycles. The molecule has 0 saturated carbocycles. The minimum Gasteiger partial charge on any atom is -0.497 e. The number of nitrogens with zero attached hydrogens (tertiary/aromatic N) is 2. The number of hydrogen-bond acceptors (Lipinski definition) is 5. The largest absolute Gasteiger partial charge is 0.497 e. The van der Waals surface area contributed by atoms with Crippen LogP contribution < -0.4 is 14.4 Å². The molecule has 0 radical (unpaired) electrons. The maximum atomic E-state index is 13.5. The van der Waals surface area contributed by atoms with Gasteiger partial charge in [-0.05, 0) is 57.0 Å². The third-order valence-corrected chi connectivity index (χ3v) is 6.78. The fourth-order valence-electron chi connectivity index (χ4n) is 3.42. The molecule has 0 bridgehead atoms. The van der Waals surface area contributed by atoms with Crippen molar-refractivity contribution in [1.82, 2.24) is 10.2 Å². The molecule has 1 N–H and O–H groups in total. The summed E-state index contributed by atoms with van der Waals surface area (Å²) < 4.78 is 31.3. The van der Waals surface area contributed by atoms with Gasteiger partial charge in [-0.1, -0.05) is 36.8 Å². The zero-order valence-electron chi connectivity index (χ0n) is 20.7. The average Bonchev–Trinajstić information content (AvgIpc) is 2.79. The van der Waals surface area contributed by atoms with Crippen molar-refractivity contribution < 1.29 is 22.7 Å². The Morgan fingerprint density at radius 1 is 1.09 bits per heavy atom. The van der Waals surface area contributed by atoms with Crippen molar-refractivity contribution in [1.29, 1.82) is 0 Å². The Morgan fingerprint density at radius 2 is 1.74 bits per heavy atom. The number of hydrogen-bond donors (Lipinski definition) is 1. The number of nitrogens with one attached hydrogen (secondary N) is 1. The molecule has 0 aliphatic carbocycles. The summed E-state index contributed by atoms with van der Waals surface area (Å²) >= 11 is 0. The summed E-state index contributed by atoms with van der Waals surface area (Å²) in [6.45, 7) is 7.21. The van der Waals surface area contributed by atoms with Crippen LogP contribution in [0.2, 0.25) is 0 Å². The van der Waals surface area contributed by atoms with E-state index in [-0.39, 0.29) is 18.5 Å². The number of aryl methyl sites for hydroxylation is 1. The number of sulfonamides is 1. The number of methoxy groups -OCH3 is 1. The third kappa shape index (κ3) is 7.48. The number of benzene rings is 2. The van der Waals surface area contributed by atoms with E-state index in [9.17, 15) is 18.0 Å². The molecule has 0 aliphatic rings. The standard InChI is InChI=1S/C25H35N3O5S/c1-7-19(3)26-25(30)20(4)27(16-21-10-8-9-18(2)15-21)24(29)17-28(34(6,31)32)22-11-13-23(33-5)14-12-22/h8-15,19-20H,7,16-17H2,1-6H3,(H,26,30)/t19-,20-/m1/s1. The number of amides is 2. The van der Waals surface area contributed by atoms with E-state index in [2.05, 4.69) is 5.32 Å². The lowest BCUT2D eigenvalue weighted by Crippen LogP contribution is -2.52. The van der Waals surface area contributed by atoms with Crippen LogP contribution in [0.25, 0.3) is 0 Å². The highest BCUT2D eigenvalue weighted by molar-refractivity contribution is 7.92. The van der Waals surface area contributed by atoms with Crippen molar-refractivity contribution in [2.75, 3.05) is 24.2 Å². The highest BCUT2D eigenvalue weighted by Crippen LogP contribution is 2.22. The quantitative estimate of drug-likeness (QED) is 0.523. The second-order valence-corrected chi connectivity index (χ2v) is 10.4. The monoisotopic (exact) mass is 489 g/mol. The second-order valence-electron chi connectivity index (χ2n) is 8.47. The molecular formula is C25H35N3O5S. The fraction of sp³-hybridized carbons (Fsp3) is 0.440. The van der Waals surface area contributed by atoms with Gasteiger partial charge in [0.25, 0.3) is 0 Å². The van der Waals surface area contributed by atoms with Crippen LogP contribution in [0.15, 0.2) is 48.5 Å². The lowest BCUT2D eigenvalue weighted by atomic mass is 10.1. The number of carbonyl (C=O) groups excluding carboxylic acids is 2. The van der Waals surface area contributed by atoms with Gasteiger partial charge in [0.05, 0.1) is 19.1 Å². The van der Waals surface area contributed by atoms with Crippen molar-refractivity contribution in [2.24, 2.45) is 0 Å². The summed E-state index contributed by atoms with van der Waals surface area (Å²) in [7, 11) is -2.25. The number of anilines is 1. The number of ether oxygens (including phenoxy) is 1. The maximum absolute atomic E-state index is 13.5. The van der Waals surface area contributed by atoms with Gasteiger partial charge in [0.2, 0.25) is 21.8 Å². The van der Waals surface area contributed by atoms with E-state index in [0.29, 0.717) is 11.4 Å². The normalized spacial score (nSPS) is 13.0. The number of carbonyl (C=O) groups is 2. The highest BCUT2D eigenvalue weighted by Gasteiger charge is 2.30. The Kier molecular flexibility index (Phi) is 9.49. The first kappa shape index (κ1) is 27.2. The smallest absolute Gasteiger partial charge is 0.244 e. The van der Waals surface area contributed by atoms with Gasteiger partial charge >= 0.3 is 0 Å². The fourth-order valence-corrected chi connectivity index (χ4v) is 4.27. The van der Waals surface area contributed by atoms with E-state index in [1.54, 1.807) is 31.2 Å². The van der Waals surface area contributed by atoms with E-state index >= 15 is 0 Å². The first-order valence-electron chi connectivity index (χ1n) is 11.2. The average molecular weight is 490 g/mol. The third-order valence-electron chi connectivity index (χ3n) is 5.64. The molecule has 0 heterocycles. The molecular weight excluding hydrogens is 454 g/mol. The Balaban J connectivity index is 2.37. The molecule has 34 heavy (non-hydrogen) atoms. The Morgan fingerprint density at radius 3 is 2.26 bits per heavy atom. The first-order valence-corrected chi connectivity index (χ1v) is 13.1. The van der Waals surface area contributed by atoms with Gasteiger partial charge in [-0.25, -0.2) is 8.42 Å². The summed E-state index contributed by atoms with van der Waals surface area (Å²) in [4.78, 5) is 27.8. The molecule has 0 aromatic heterocycles. The van der Waals surface area contributed by atoms with Crippen LogP contribution >= 0.6 is 0 Å². The molecule has 2 amide bonds. The molecule has 9 heteroatoms. The Bertz CT molecular complexity index is 1090. The molecule has 0 unspecified atom stereocenters. The van der Waals surface area contributed by atoms with Crippen molar-refractivity contribution in [2.45, 2.75) is 52.7 Å². The van der Waals surface area contributed by atoms with Gasteiger partial charge in [-0.3, -0.25) is 13.9 Å². The first-order chi connectivity index (χ1) is 16.0. The van der Waals surface area contributed by atoms with Crippen molar-refractivity contribution >= 4 is 27.5 Å². The van der Waals surface area contributed by atoms with Crippen molar-refractivity contribution in [3.8, 4) is 5.75 Å². The van der Waals surface area contributed by atoms with Gasteiger partial charge < -0.3 is 15.0 Å². The van der Waals surface area contributed by atoms with Gasteiger partial charge in [0.1, 0.15) is 18.3 Å². The minimum absolute atomic E-state index is 0.0438. The summed E-state index contributed by atoms with van der Waals surface area (Å²) in [5.74, 6) is -0.194. The van der Waals surface area contributed by atoms with Crippen LogP contribution in [0.5, 0.6) is 5.75 Å². The second kappa shape index (κ2) is 11.9. The van der Waals surface area contributed by atoms with Crippen molar-refractivity contribution in [3.05, 3.63) is 59.7 Å². The van der Waals surface area contributed by atoms with Crippen LogP contribution in [0.3, 0.4) is 0 Å². The summed E-state index contributed by atoms with van der Waals surface area (Å²) in [6, 6.07) is 13.2. The topological polar surface area (TPSA) is 96.0 Å². The van der Waals surface area contributed by atoms with Gasteiger partial charge in [0.15, 0.2) is 0 Å². The Labute approximate surface area is 202 Å². The molecule has 2 rings (SSSR count). The SMILES string of the molecule is CC[C@@H](C)NC(=O)[C@@H](C)N(Cc1cccc(C)c1)C(=O)CN(c1ccc(OC)cc1)S(C)(=O)=O. The predicted octanol–water partition coefficient (Wildman–Crippen LogP) is 3.10. The van der Waals surface area contributed by atoms with Crippen molar-refractivity contribution in [3.63, 3.8) is 0 Å². The van der Waals surface area contributed by atoms with Gasteiger partial charge in [-0.15, -0.1) is 0 Å². The van der Waals surface area contributed by atoms with Crippen LogP contribution in [0.4, 0.5) is 5.69 Å². The summed E-state index contributed by atoms with van der Waals surface area (Å²) in [5.41, 5.74) is 2.22. The van der Waals surface area contributed by atoms with Crippen LogP contribution in [-0.4, -0.2) is 57.1 Å². The van der Waals surface area contributed by atoms with E-state index in [4.69, 9.17) is 4.74 Å². The van der Waals surface area contributed by atoms with E-state index in [0.717, 1.165) is 28.1 Å². The lowest BCUT2D eigenvalue weighted by Gasteiger charge is -2.32. The van der Waals surface area contributed by atoms with Crippen LogP contribution in [0.1, 0.15) is 38.3 Å². The lowest BCUT2D eigenvalue weighted by molar-refractivity contribution is -0.139. The predicted molar refractivity (Wildman–Crippen MR) is 134 cm³/mol. The molecule has 8 nitrogen and oxygen atoms in total. The molecule has 0 fully saturated rings. The van der Waals surface area contributed by atoms with Crippen LogP contribution in [-0.2, 0) is 26.2 Å². The van der Waals surface area contributed by atoms with Gasteiger partial charge in [-0.2, -0.15) is 0 Å². The van der Waals surface area contributed by atoms with Gasteiger partial charge in [0, 0.05) is 12.6 Å². The van der Waals surface area contributed by atoms with Crippen LogP contribution in [0, 0.1) is 6.92 Å². The minimum atomic E-state index is -3.77. The van der Waals surface area contributed by atoms with E-state index in [1.165, 1.54) is 12.0 Å².